The molecule has 1 atom stereocenters. The Bertz CT molecular complexity index is 478. The topological polar surface area (TPSA) is 58.1 Å². The molecule has 5 nitrogen and oxygen atoms in total. The Hall–Kier alpha value is -1.17. The van der Waals surface area contributed by atoms with Crippen molar-refractivity contribution in [3.63, 3.8) is 0 Å². The highest BCUT2D eigenvalue weighted by Gasteiger charge is 2.24. The Morgan fingerprint density at radius 3 is 2.89 bits per heavy atom. The van der Waals surface area contributed by atoms with Gasteiger partial charge in [0.25, 0.3) is 0 Å². The van der Waals surface area contributed by atoms with Crippen molar-refractivity contribution in [1.29, 1.82) is 0 Å². The first-order valence-corrected chi connectivity index (χ1v) is 7.31. The monoisotopic (exact) mass is 326 g/mol. The Morgan fingerprint density at radius 1 is 1.53 bits per heavy atom. The standard InChI is InChI=1S/C13H19BrN4O/c1-8(2)13-16-11(14)6-12(17-13)18-5-4-10(7-18)15-9(3)19/h6,8,10H,4-5,7H2,1-3H3,(H,15,19). The summed E-state index contributed by atoms with van der Waals surface area (Å²) in [5.74, 6) is 2.09. The zero-order valence-electron chi connectivity index (χ0n) is 11.5. The molecule has 1 aromatic rings. The third-order valence-electron chi connectivity index (χ3n) is 3.13. The van der Waals surface area contributed by atoms with Gasteiger partial charge in [-0.15, -0.1) is 0 Å². The molecule has 0 aromatic carbocycles. The van der Waals surface area contributed by atoms with Gasteiger partial charge in [-0.2, -0.15) is 0 Å². The molecular weight excluding hydrogens is 308 g/mol. The molecule has 0 saturated carbocycles. The first kappa shape index (κ1) is 14.2. The average molecular weight is 327 g/mol. The number of nitrogens with zero attached hydrogens (tertiary/aromatic N) is 3. The van der Waals surface area contributed by atoms with Gasteiger partial charge in [0.15, 0.2) is 0 Å². The summed E-state index contributed by atoms with van der Waals surface area (Å²) in [6, 6.07) is 2.15. The molecule has 1 saturated heterocycles. The van der Waals surface area contributed by atoms with E-state index in [0.717, 1.165) is 35.8 Å². The van der Waals surface area contributed by atoms with E-state index in [1.165, 1.54) is 0 Å². The lowest BCUT2D eigenvalue weighted by Gasteiger charge is -2.19. The van der Waals surface area contributed by atoms with Gasteiger partial charge in [0.05, 0.1) is 0 Å². The minimum atomic E-state index is 0.0265. The molecule has 1 aromatic heterocycles. The molecule has 2 heterocycles. The van der Waals surface area contributed by atoms with Crippen LogP contribution in [-0.4, -0.2) is 35.0 Å². The zero-order chi connectivity index (χ0) is 14.0. The van der Waals surface area contributed by atoms with Crippen LogP contribution in [0.25, 0.3) is 0 Å². The zero-order valence-corrected chi connectivity index (χ0v) is 13.1. The highest BCUT2D eigenvalue weighted by molar-refractivity contribution is 9.10. The number of carbonyl (C=O) groups is 1. The van der Waals surface area contributed by atoms with Gasteiger partial charge < -0.3 is 10.2 Å². The Kier molecular flexibility index (Phi) is 4.39. The maximum atomic E-state index is 11.1. The fraction of sp³-hybridized carbons (Fsp3) is 0.615. The quantitative estimate of drug-likeness (QED) is 0.864. The van der Waals surface area contributed by atoms with Crippen molar-refractivity contribution in [2.75, 3.05) is 18.0 Å². The number of halogens is 1. The highest BCUT2D eigenvalue weighted by atomic mass is 79.9. The van der Waals surface area contributed by atoms with Crippen molar-refractivity contribution in [2.45, 2.75) is 39.2 Å². The molecule has 0 aliphatic carbocycles. The number of aromatic nitrogens is 2. The average Bonchev–Trinajstić information content (AvgIpc) is 2.75. The molecule has 1 amide bonds. The van der Waals surface area contributed by atoms with Gasteiger partial charge in [-0.3, -0.25) is 4.79 Å². The van der Waals surface area contributed by atoms with E-state index in [1.54, 1.807) is 6.92 Å². The van der Waals surface area contributed by atoms with Crippen molar-refractivity contribution in [3.8, 4) is 0 Å². The van der Waals surface area contributed by atoms with E-state index in [2.05, 4.69) is 50.0 Å². The molecule has 1 aliphatic rings. The van der Waals surface area contributed by atoms with Crippen LogP contribution in [0, 0.1) is 0 Å². The van der Waals surface area contributed by atoms with Gasteiger partial charge in [0.1, 0.15) is 16.2 Å². The molecule has 2 rings (SSSR count). The largest absolute Gasteiger partial charge is 0.354 e. The van der Waals surface area contributed by atoms with E-state index < -0.39 is 0 Å². The number of rotatable bonds is 3. The normalized spacial score (nSPS) is 19.0. The van der Waals surface area contributed by atoms with Crippen LogP contribution in [0.2, 0.25) is 0 Å². The molecule has 0 spiro atoms. The van der Waals surface area contributed by atoms with Crippen LogP contribution in [0.4, 0.5) is 5.82 Å². The van der Waals surface area contributed by atoms with Gasteiger partial charge in [-0.1, -0.05) is 13.8 Å². The summed E-state index contributed by atoms with van der Waals surface area (Å²) in [6.07, 6.45) is 0.957. The van der Waals surface area contributed by atoms with Crippen molar-refractivity contribution >= 4 is 27.7 Å². The summed E-state index contributed by atoms with van der Waals surface area (Å²) >= 11 is 3.44. The van der Waals surface area contributed by atoms with Crippen LogP contribution in [-0.2, 0) is 4.79 Å². The van der Waals surface area contributed by atoms with Crippen LogP contribution in [0.1, 0.15) is 38.9 Å². The van der Waals surface area contributed by atoms with E-state index in [-0.39, 0.29) is 11.9 Å². The van der Waals surface area contributed by atoms with Gasteiger partial charge in [0.2, 0.25) is 5.91 Å². The molecule has 1 fully saturated rings. The minimum Gasteiger partial charge on any atom is -0.354 e. The van der Waals surface area contributed by atoms with Gasteiger partial charge >= 0.3 is 0 Å². The summed E-state index contributed by atoms with van der Waals surface area (Å²) in [5, 5.41) is 2.96. The summed E-state index contributed by atoms with van der Waals surface area (Å²) < 4.78 is 0.809. The fourth-order valence-corrected chi connectivity index (χ4v) is 2.60. The molecule has 19 heavy (non-hydrogen) atoms. The number of carbonyl (C=O) groups excluding carboxylic acids is 1. The number of hydrogen-bond donors (Lipinski definition) is 1. The van der Waals surface area contributed by atoms with Crippen LogP contribution >= 0.6 is 15.9 Å². The maximum absolute atomic E-state index is 11.1. The third kappa shape index (κ3) is 3.65. The molecule has 0 bridgehead atoms. The van der Waals surface area contributed by atoms with Crippen molar-refractivity contribution in [2.24, 2.45) is 0 Å². The number of amides is 1. The van der Waals surface area contributed by atoms with Crippen molar-refractivity contribution < 1.29 is 4.79 Å². The second kappa shape index (κ2) is 5.86. The highest BCUT2D eigenvalue weighted by Crippen LogP contribution is 2.23. The Morgan fingerprint density at radius 2 is 2.26 bits per heavy atom. The Labute approximate surface area is 121 Å². The molecule has 1 unspecified atom stereocenters. The number of nitrogens with one attached hydrogen (secondary N) is 1. The third-order valence-corrected chi connectivity index (χ3v) is 3.54. The van der Waals surface area contributed by atoms with Crippen molar-refractivity contribution in [1.82, 2.24) is 15.3 Å². The Balaban J connectivity index is 2.12. The molecule has 0 radical (unpaired) electrons. The summed E-state index contributed by atoms with van der Waals surface area (Å²) in [7, 11) is 0. The molecule has 6 heteroatoms. The van der Waals surface area contributed by atoms with Crippen molar-refractivity contribution in [3.05, 3.63) is 16.5 Å². The lowest BCUT2D eigenvalue weighted by atomic mass is 10.2. The predicted molar refractivity (Wildman–Crippen MR) is 78.3 cm³/mol. The van der Waals surface area contributed by atoms with Gasteiger partial charge in [0, 0.05) is 38.0 Å². The molecule has 104 valence electrons. The summed E-state index contributed by atoms with van der Waals surface area (Å²) in [5.41, 5.74) is 0. The molecular formula is C13H19BrN4O. The van der Waals surface area contributed by atoms with Crippen LogP contribution < -0.4 is 10.2 Å². The van der Waals surface area contributed by atoms with Gasteiger partial charge in [-0.05, 0) is 22.4 Å². The number of hydrogen-bond acceptors (Lipinski definition) is 4. The van der Waals surface area contributed by atoms with E-state index in [0.29, 0.717) is 5.92 Å². The molecule has 1 N–H and O–H groups in total. The lowest BCUT2D eigenvalue weighted by Crippen LogP contribution is -2.35. The summed E-state index contributed by atoms with van der Waals surface area (Å²) in [6.45, 7) is 7.43. The minimum absolute atomic E-state index is 0.0265. The van der Waals surface area contributed by atoms with E-state index in [9.17, 15) is 4.79 Å². The number of anilines is 1. The van der Waals surface area contributed by atoms with Crippen LogP contribution in [0.3, 0.4) is 0 Å². The van der Waals surface area contributed by atoms with Crippen LogP contribution in [0.15, 0.2) is 10.7 Å². The van der Waals surface area contributed by atoms with E-state index in [1.807, 2.05) is 6.07 Å². The van der Waals surface area contributed by atoms with Gasteiger partial charge in [-0.25, -0.2) is 9.97 Å². The maximum Gasteiger partial charge on any atom is 0.217 e. The van der Waals surface area contributed by atoms with Crippen LogP contribution in [0.5, 0.6) is 0 Å². The summed E-state index contributed by atoms with van der Waals surface area (Å²) in [4.78, 5) is 22.3. The smallest absolute Gasteiger partial charge is 0.217 e. The fourth-order valence-electron chi connectivity index (χ4n) is 2.22. The first-order valence-electron chi connectivity index (χ1n) is 6.52. The van der Waals surface area contributed by atoms with E-state index in [4.69, 9.17) is 0 Å². The first-order chi connectivity index (χ1) is 8.95. The predicted octanol–water partition coefficient (Wildman–Crippen LogP) is 2.08. The SMILES string of the molecule is CC(=O)NC1CCN(c2cc(Br)nc(C(C)C)n2)C1. The molecule has 1 aliphatic heterocycles. The lowest BCUT2D eigenvalue weighted by molar-refractivity contribution is -0.119. The second-order valence-electron chi connectivity index (χ2n) is 5.19. The second-order valence-corrected chi connectivity index (χ2v) is 6.01. The van der Waals surface area contributed by atoms with E-state index >= 15 is 0 Å².